The summed E-state index contributed by atoms with van der Waals surface area (Å²) in [6, 6.07) is 0. The van der Waals surface area contributed by atoms with Crippen molar-refractivity contribution in [2.75, 3.05) is 13.2 Å². The Labute approximate surface area is 132 Å². The SMILES string of the molecule is CCOC(=O)C1(C(=O)OCC)C[C@H]2CCC3=C(C)CC[C@@]32C1. The molecule has 0 aromatic heterocycles. The Bertz CT molecular complexity index is 515. The topological polar surface area (TPSA) is 52.6 Å². The lowest BCUT2D eigenvalue weighted by Crippen LogP contribution is -2.41. The molecular formula is C18H26O4. The van der Waals surface area contributed by atoms with Crippen LogP contribution in [0.2, 0.25) is 0 Å². The van der Waals surface area contributed by atoms with E-state index in [0.717, 1.165) is 25.7 Å². The minimum Gasteiger partial charge on any atom is -0.465 e. The quantitative estimate of drug-likeness (QED) is 0.454. The number of carbonyl (C=O) groups is 2. The first kappa shape index (κ1) is 15.6. The molecule has 4 nitrogen and oxygen atoms in total. The molecule has 0 unspecified atom stereocenters. The molecule has 0 aromatic carbocycles. The largest absolute Gasteiger partial charge is 0.465 e. The van der Waals surface area contributed by atoms with Crippen LogP contribution in [0.15, 0.2) is 11.1 Å². The van der Waals surface area contributed by atoms with Crippen LogP contribution in [0.4, 0.5) is 0 Å². The van der Waals surface area contributed by atoms with E-state index in [1.807, 2.05) is 0 Å². The molecule has 22 heavy (non-hydrogen) atoms. The summed E-state index contributed by atoms with van der Waals surface area (Å²) in [6.07, 6.45) is 5.61. The van der Waals surface area contributed by atoms with Crippen molar-refractivity contribution >= 4 is 11.9 Å². The van der Waals surface area contributed by atoms with E-state index in [1.54, 1.807) is 13.8 Å². The van der Waals surface area contributed by atoms with E-state index in [-0.39, 0.29) is 17.4 Å². The maximum absolute atomic E-state index is 12.6. The van der Waals surface area contributed by atoms with Gasteiger partial charge in [-0.25, -0.2) is 0 Å². The summed E-state index contributed by atoms with van der Waals surface area (Å²) >= 11 is 0. The van der Waals surface area contributed by atoms with E-state index in [1.165, 1.54) is 11.1 Å². The third-order valence-corrected chi connectivity index (χ3v) is 6.13. The fraction of sp³-hybridized carbons (Fsp3) is 0.778. The number of hydrogen-bond donors (Lipinski definition) is 0. The van der Waals surface area contributed by atoms with Gasteiger partial charge in [-0.15, -0.1) is 0 Å². The summed E-state index contributed by atoms with van der Waals surface area (Å²) < 4.78 is 10.6. The molecule has 0 bridgehead atoms. The highest BCUT2D eigenvalue weighted by Crippen LogP contribution is 2.69. The molecule has 3 aliphatic rings. The number of carbonyl (C=O) groups excluding carboxylic acids is 2. The molecule has 2 saturated carbocycles. The number of ether oxygens (including phenoxy) is 2. The number of hydrogen-bond acceptors (Lipinski definition) is 4. The van der Waals surface area contributed by atoms with Gasteiger partial charge in [-0.3, -0.25) is 9.59 Å². The van der Waals surface area contributed by atoms with Crippen molar-refractivity contribution in [2.24, 2.45) is 16.7 Å². The summed E-state index contributed by atoms with van der Waals surface area (Å²) in [5, 5.41) is 0. The molecule has 2 fully saturated rings. The first-order valence-electron chi connectivity index (χ1n) is 8.53. The third kappa shape index (κ3) is 1.95. The lowest BCUT2D eigenvalue weighted by atomic mass is 9.75. The Hall–Kier alpha value is -1.32. The lowest BCUT2D eigenvalue weighted by molar-refractivity contribution is -0.172. The summed E-state index contributed by atoms with van der Waals surface area (Å²) in [5.74, 6) is -0.323. The van der Waals surface area contributed by atoms with Gasteiger partial charge in [0.15, 0.2) is 5.41 Å². The summed E-state index contributed by atoms with van der Waals surface area (Å²) in [5.41, 5.74) is 1.98. The maximum Gasteiger partial charge on any atom is 0.323 e. The van der Waals surface area contributed by atoms with E-state index >= 15 is 0 Å². The summed E-state index contributed by atoms with van der Waals surface area (Å²) in [7, 11) is 0. The Kier molecular flexibility index (Phi) is 3.82. The second kappa shape index (κ2) is 5.39. The van der Waals surface area contributed by atoms with Crippen molar-refractivity contribution in [1.29, 1.82) is 0 Å². The molecular weight excluding hydrogens is 280 g/mol. The zero-order valence-corrected chi connectivity index (χ0v) is 13.9. The molecule has 4 heteroatoms. The second-order valence-electron chi connectivity index (χ2n) is 7.05. The van der Waals surface area contributed by atoms with Gasteiger partial charge in [-0.2, -0.15) is 0 Å². The van der Waals surface area contributed by atoms with Crippen LogP contribution in [-0.2, 0) is 19.1 Å². The van der Waals surface area contributed by atoms with Crippen molar-refractivity contribution < 1.29 is 19.1 Å². The fourth-order valence-corrected chi connectivity index (χ4v) is 5.25. The van der Waals surface area contributed by atoms with Crippen LogP contribution in [0, 0.1) is 16.7 Å². The predicted molar refractivity (Wildman–Crippen MR) is 82.0 cm³/mol. The molecule has 0 aromatic rings. The first-order valence-corrected chi connectivity index (χ1v) is 8.53. The van der Waals surface area contributed by atoms with Gasteiger partial charge in [0.05, 0.1) is 13.2 Å². The molecule has 0 heterocycles. The molecule has 1 spiro atoms. The lowest BCUT2D eigenvalue weighted by Gasteiger charge is -2.29. The van der Waals surface area contributed by atoms with E-state index < -0.39 is 5.41 Å². The zero-order chi connectivity index (χ0) is 16.0. The fourth-order valence-electron chi connectivity index (χ4n) is 5.25. The van der Waals surface area contributed by atoms with Crippen LogP contribution in [0.1, 0.15) is 59.3 Å². The monoisotopic (exact) mass is 306 g/mol. The van der Waals surface area contributed by atoms with Crippen molar-refractivity contribution in [3.8, 4) is 0 Å². The van der Waals surface area contributed by atoms with Gasteiger partial charge in [0.2, 0.25) is 0 Å². The Morgan fingerprint density at radius 3 is 2.36 bits per heavy atom. The van der Waals surface area contributed by atoms with E-state index in [2.05, 4.69) is 6.92 Å². The molecule has 0 amide bonds. The van der Waals surface area contributed by atoms with Gasteiger partial charge in [0.25, 0.3) is 0 Å². The molecule has 3 aliphatic carbocycles. The van der Waals surface area contributed by atoms with Crippen molar-refractivity contribution in [3.05, 3.63) is 11.1 Å². The van der Waals surface area contributed by atoms with Gasteiger partial charge in [0, 0.05) is 0 Å². The predicted octanol–water partition coefficient (Wildman–Crippen LogP) is 3.40. The van der Waals surface area contributed by atoms with Crippen LogP contribution < -0.4 is 0 Å². The van der Waals surface area contributed by atoms with Crippen LogP contribution in [0.5, 0.6) is 0 Å². The minimum atomic E-state index is -1.08. The average molecular weight is 306 g/mol. The van der Waals surface area contributed by atoms with Crippen LogP contribution in [0.25, 0.3) is 0 Å². The third-order valence-electron chi connectivity index (χ3n) is 6.13. The normalized spacial score (nSPS) is 31.9. The highest BCUT2D eigenvalue weighted by molar-refractivity contribution is 6.00. The number of allylic oxidation sites excluding steroid dienone is 2. The Morgan fingerprint density at radius 2 is 1.77 bits per heavy atom. The zero-order valence-electron chi connectivity index (χ0n) is 13.9. The van der Waals surface area contributed by atoms with Gasteiger partial charge in [0.1, 0.15) is 0 Å². The van der Waals surface area contributed by atoms with Crippen LogP contribution in [0.3, 0.4) is 0 Å². The van der Waals surface area contributed by atoms with Gasteiger partial charge in [-0.05, 0) is 70.6 Å². The summed E-state index contributed by atoms with van der Waals surface area (Å²) in [6.45, 7) is 6.39. The van der Waals surface area contributed by atoms with E-state index in [4.69, 9.17) is 9.47 Å². The highest BCUT2D eigenvalue weighted by atomic mass is 16.6. The molecule has 0 saturated heterocycles. The molecule has 0 radical (unpaired) electrons. The van der Waals surface area contributed by atoms with Crippen LogP contribution >= 0.6 is 0 Å². The van der Waals surface area contributed by atoms with Crippen molar-refractivity contribution in [2.45, 2.75) is 59.3 Å². The van der Waals surface area contributed by atoms with Crippen molar-refractivity contribution in [3.63, 3.8) is 0 Å². The smallest absolute Gasteiger partial charge is 0.323 e. The molecule has 2 atom stereocenters. The van der Waals surface area contributed by atoms with Gasteiger partial charge < -0.3 is 9.47 Å². The molecule has 122 valence electrons. The Balaban J connectivity index is 1.97. The standard InChI is InChI=1S/C18H26O4/c1-4-21-15(19)18(16(20)22-5-2)10-13-6-7-14-12(3)8-9-17(13,14)11-18/h13H,4-11H2,1-3H3/t13-,17+/m1/s1. The van der Waals surface area contributed by atoms with E-state index in [9.17, 15) is 9.59 Å². The maximum atomic E-state index is 12.6. The highest BCUT2D eigenvalue weighted by Gasteiger charge is 2.66. The summed E-state index contributed by atoms with van der Waals surface area (Å²) in [4.78, 5) is 25.3. The first-order chi connectivity index (χ1) is 10.5. The van der Waals surface area contributed by atoms with Gasteiger partial charge in [-0.1, -0.05) is 11.1 Å². The minimum absolute atomic E-state index is 0.0591. The van der Waals surface area contributed by atoms with Crippen molar-refractivity contribution in [1.82, 2.24) is 0 Å². The molecule has 0 N–H and O–H groups in total. The Morgan fingerprint density at radius 1 is 1.14 bits per heavy atom. The second-order valence-corrected chi connectivity index (χ2v) is 7.05. The average Bonchev–Trinajstić information content (AvgIpc) is 3.08. The number of rotatable bonds is 4. The number of esters is 2. The van der Waals surface area contributed by atoms with Crippen LogP contribution in [-0.4, -0.2) is 25.2 Å². The van der Waals surface area contributed by atoms with E-state index in [0.29, 0.717) is 32.0 Å². The molecule has 3 rings (SSSR count). The van der Waals surface area contributed by atoms with Gasteiger partial charge >= 0.3 is 11.9 Å². The molecule has 0 aliphatic heterocycles.